The predicted molar refractivity (Wildman–Crippen MR) is 79.4 cm³/mol. The van der Waals surface area contributed by atoms with Gasteiger partial charge in [-0.05, 0) is 30.5 Å². The molecular weight excluding hydrogens is 253 g/mol. The van der Waals surface area contributed by atoms with Crippen LogP contribution in [0, 0.1) is 5.82 Å². The van der Waals surface area contributed by atoms with E-state index in [1.54, 1.807) is 12.1 Å². The first kappa shape index (κ1) is 14.4. The molecule has 0 bridgehead atoms. The highest BCUT2D eigenvalue weighted by Crippen LogP contribution is 2.12. The minimum absolute atomic E-state index is 0.220. The third-order valence-electron chi connectivity index (χ3n) is 3.02. The second kappa shape index (κ2) is 6.98. The fourth-order valence-electron chi connectivity index (χ4n) is 1.94. The standard InChI is InChI=1S/C16H20FN3/c1-3-9-18-15-11-14(4-2)19-16(20-15)10-12-5-7-13(17)8-6-12/h5-8,11H,3-4,9-10H2,1-2H3,(H,18,19,20). The number of rotatable bonds is 6. The summed E-state index contributed by atoms with van der Waals surface area (Å²) < 4.78 is 12.9. The molecule has 0 unspecified atom stereocenters. The predicted octanol–water partition coefficient (Wildman–Crippen LogP) is 3.59. The number of hydrogen-bond acceptors (Lipinski definition) is 3. The molecule has 106 valence electrons. The van der Waals surface area contributed by atoms with Crippen LogP contribution < -0.4 is 5.32 Å². The molecule has 0 atom stereocenters. The van der Waals surface area contributed by atoms with Crippen molar-refractivity contribution in [2.45, 2.75) is 33.1 Å². The Kier molecular flexibility index (Phi) is 5.04. The van der Waals surface area contributed by atoms with Gasteiger partial charge >= 0.3 is 0 Å². The average Bonchev–Trinajstić information content (AvgIpc) is 2.47. The van der Waals surface area contributed by atoms with Gasteiger partial charge in [0.1, 0.15) is 17.5 Å². The van der Waals surface area contributed by atoms with Crippen molar-refractivity contribution in [3.05, 3.63) is 53.2 Å². The molecular formula is C16H20FN3. The lowest BCUT2D eigenvalue weighted by molar-refractivity contribution is 0.627. The molecule has 1 aromatic heterocycles. The van der Waals surface area contributed by atoms with E-state index in [1.165, 1.54) is 12.1 Å². The van der Waals surface area contributed by atoms with Gasteiger partial charge in [0.05, 0.1) is 0 Å². The molecule has 4 heteroatoms. The largest absolute Gasteiger partial charge is 0.370 e. The maximum absolute atomic E-state index is 12.9. The maximum Gasteiger partial charge on any atom is 0.135 e. The molecule has 0 fully saturated rings. The molecule has 0 radical (unpaired) electrons. The van der Waals surface area contributed by atoms with Gasteiger partial charge in [0.15, 0.2) is 0 Å². The van der Waals surface area contributed by atoms with E-state index >= 15 is 0 Å². The summed E-state index contributed by atoms with van der Waals surface area (Å²) >= 11 is 0. The Morgan fingerprint density at radius 1 is 1.10 bits per heavy atom. The zero-order chi connectivity index (χ0) is 14.4. The number of aryl methyl sites for hydroxylation is 1. The van der Waals surface area contributed by atoms with Crippen molar-refractivity contribution in [2.24, 2.45) is 0 Å². The van der Waals surface area contributed by atoms with Gasteiger partial charge < -0.3 is 5.32 Å². The second-order valence-corrected chi connectivity index (χ2v) is 4.74. The topological polar surface area (TPSA) is 37.8 Å². The molecule has 0 aliphatic carbocycles. The normalized spacial score (nSPS) is 10.6. The molecule has 0 aliphatic rings. The molecule has 0 amide bonds. The number of anilines is 1. The first-order valence-electron chi connectivity index (χ1n) is 7.06. The molecule has 0 saturated heterocycles. The highest BCUT2D eigenvalue weighted by molar-refractivity contribution is 5.36. The fraction of sp³-hybridized carbons (Fsp3) is 0.375. The summed E-state index contributed by atoms with van der Waals surface area (Å²) in [7, 11) is 0. The number of halogens is 1. The van der Waals surface area contributed by atoms with E-state index in [1.807, 2.05) is 6.07 Å². The van der Waals surface area contributed by atoms with Crippen LogP contribution in [0.25, 0.3) is 0 Å². The summed E-state index contributed by atoms with van der Waals surface area (Å²) in [4.78, 5) is 9.05. The van der Waals surface area contributed by atoms with Gasteiger partial charge in [0.2, 0.25) is 0 Å². The van der Waals surface area contributed by atoms with E-state index in [0.717, 1.165) is 42.3 Å². The summed E-state index contributed by atoms with van der Waals surface area (Å²) in [5, 5.41) is 3.29. The molecule has 1 aromatic carbocycles. The first-order chi connectivity index (χ1) is 9.71. The van der Waals surface area contributed by atoms with Gasteiger partial charge in [0.25, 0.3) is 0 Å². The molecule has 1 heterocycles. The highest BCUT2D eigenvalue weighted by atomic mass is 19.1. The highest BCUT2D eigenvalue weighted by Gasteiger charge is 2.05. The van der Waals surface area contributed by atoms with Crippen molar-refractivity contribution in [1.29, 1.82) is 0 Å². The lowest BCUT2D eigenvalue weighted by atomic mass is 10.1. The summed E-state index contributed by atoms with van der Waals surface area (Å²) in [5.41, 5.74) is 2.04. The van der Waals surface area contributed by atoms with Crippen molar-refractivity contribution in [3.8, 4) is 0 Å². The fourth-order valence-corrected chi connectivity index (χ4v) is 1.94. The van der Waals surface area contributed by atoms with E-state index in [4.69, 9.17) is 0 Å². The van der Waals surface area contributed by atoms with Crippen molar-refractivity contribution in [2.75, 3.05) is 11.9 Å². The van der Waals surface area contributed by atoms with Crippen LogP contribution in [-0.2, 0) is 12.8 Å². The van der Waals surface area contributed by atoms with E-state index in [-0.39, 0.29) is 5.82 Å². The van der Waals surface area contributed by atoms with Crippen molar-refractivity contribution >= 4 is 5.82 Å². The van der Waals surface area contributed by atoms with Crippen LogP contribution in [0.3, 0.4) is 0 Å². The Bertz CT molecular complexity index is 552. The molecule has 20 heavy (non-hydrogen) atoms. The average molecular weight is 273 g/mol. The van der Waals surface area contributed by atoms with Gasteiger partial charge in [-0.3, -0.25) is 0 Å². The van der Waals surface area contributed by atoms with Crippen LogP contribution in [0.4, 0.5) is 10.2 Å². The Balaban J connectivity index is 2.19. The van der Waals surface area contributed by atoms with E-state index in [2.05, 4.69) is 29.1 Å². The lowest BCUT2D eigenvalue weighted by Gasteiger charge is -2.09. The van der Waals surface area contributed by atoms with Gasteiger partial charge in [-0.1, -0.05) is 26.0 Å². The zero-order valence-corrected chi connectivity index (χ0v) is 12.0. The number of aromatic nitrogens is 2. The van der Waals surface area contributed by atoms with E-state index in [0.29, 0.717) is 6.42 Å². The zero-order valence-electron chi connectivity index (χ0n) is 12.0. The van der Waals surface area contributed by atoms with Gasteiger partial charge in [-0.25, -0.2) is 14.4 Å². The Labute approximate surface area is 119 Å². The lowest BCUT2D eigenvalue weighted by Crippen LogP contribution is -2.07. The summed E-state index contributed by atoms with van der Waals surface area (Å²) in [6, 6.07) is 8.47. The summed E-state index contributed by atoms with van der Waals surface area (Å²) in [6.07, 6.45) is 2.55. The molecule has 0 aliphatic heterocycles. The third-order valence-corrected chi connectivity index (χ3v) is 3.02. The SMILES string of the molecule is CCCNc1cc(CC)nc(Cc2ccc(F)cc2)n1. The summed E-state index contributed by atoms with van der Waals surface area (Å²) in [6.45, 7) is 5.10. The second-order valence-electron chi connectivity index (χ2n) is 4.74. The number of nitrogens with one attached hydrogen (secondary N) is 1. The quantitative estimate of drug-likeness (QED) is 0.874. The van der Waals surface area contributed by atoms with Crippen molar-refractivity contribution in [1.82, 2.24) is 9.97 Å². The third kappa shape index (κ3) is 4.02. The number of benzene rings is 1. The minimum atomic E-state index is -0.220. The van der Waals surface area contributed by atoms with Gasteiger partial charge in [0, 0.05) is 24.7 Å². The van der Waals surface area contributed by atoms with Crippen LogP contribution in [0.2, 0.25) is 0 Å². The van der Waals surface area contributed by atoms with Crippen LogP contribution in [0.1, 0.15) is 37.4 Å². The smallest absolute Gasteiger partial charge is 0.135 e. The maximum atomic E-state index is 12.9. The van der Waals surface area contributed by atoms with Crippen LogP contribution >= 0.6 is 0 Å². The van der Waals surface area contributed by atoms with Gasteiger partial charge in [-0.15, -0.1) is 0 Å². The molecule has 3 nitrogen and oxygen atoms in total. The monoisotopic (exact) mass is 273 g/mol. The Morgan fingerprint density at radius 2 is 1.85 bits per heavy atom. The molecule has 2 rings (SSSR count). The van der Waals surface area contributed by atoms with Crippen molar-refractivity contribution < 1.29 is 4.39 Å². The van der Waals surface area contributed by atoms with Crippen molar-refractivity contribution in [3.63, 3.8) is 0 Å². The number of hydrogen-bond donors (Lipinski definition) is 1. The molecule has 2 aromatic rings. The Morgan fingerprint density at radius 3 is 2.50 bits per heavy atom. The van der Waals surface area contributed by atoms with E-state index in [9.17, 15) is 4.39 Å². The number of nitrogens with zero attached hydrogens (tertiary/aromatic N) is 2. The minimum Gasteiger partial charge on any atom is -0.370 e. The Hall–Kier alpha value is -1.97. The first-order valence-corrected chi connectivity index (χ1v) is 7.06. The molecule has 0 spiro atoms. The van der Waals surface area contributed by atoms with Crippen LogP contribution in [-0.4, -0.2) is 16.5 Å². The van der Waals surface area contributed by atoms with Gasteiger partial charge in [-0.2, -0.15) is 0 Å². The summed E-state index contributed by atoms with van der Waals surface area (Å²) in [5.74, 6) is 1.42. The van der Waals surface area contributed by atoms with Crippen LogP contribution in [0.15, 0.2) is 30.3 Å². The van der Waals surface area contributed by atoms with Crippen LogP contribution in [0.5, 0.6) is 0 Å². The molecule has 1 N–H and O–H groups in total. The van der Waals surface area contributed by atoms with E-state index < -0.39 is 0 Å². The molecule has 0 saturated carbocycles.